The first-order chi connectivity index (χ1) is 13.9. The largest absolute Gasteiger partial charge is 0.414 e. The highest BCUT2D eigenvalue weighted by atomic mass is 28.4. The number of rotatable bonds is 6. The van der Waals surface area contributed by atoms with Crippen LogP contribution in [0.25, 0.3) is 0 Å². The van der Waals surface area contributed by atoms with E-state index < -0.39 is 28.6 Å². The fourth-order valence-electron chi connectivity index (χ4n) is 3.01. The Bertz CT molecular complexity index is 893. The van der Waals surface area contributed by atoms with E-state index in [4.69, 9.17) is 13.6 Å². The molecule has 1 aliphatic heterocycles. The molecule has 0 bridgehead atoms. The molecule has 0 amide bonds. The van der Waals surface area contributed by atoms with E-state index in [1.165, 1.54) is 4.57 Å². The van der Waals surface area contributed by atoms with Crippen LogP contribution in [-0.2, 0) is 13.6 Å². The Morgan fingerprint density at radius 2 is 1.61 bits per heavy atom. The quantitative estimate of drug-likeness (QED) is 0.617. The van der Waals surface area contributed by atoms with Crippen LogP contribution < -0.4 is 11.2 Å². The predicted molar refractivity (Wildman–Crippen MR) is 130 cm³/mol. The van der Waals surface area contributed by atoms with E-state index in [0.29, 0.717) is 18.6 Å². The third kappa shape index (κ3) is 5.87. The van der Waals surface area contributed by atoms with Gasteiger partial charge in [0.15, 0.2) is 16.6 Å². The third-order valence-corrected chi connectivity index (χ3v) is 16.3. The number of nitrogens with zero attached hydrogens (tertiary/aromatic N) is 1. The van der Waals surface area contributed by atoms with Crippen LogP contribution in [0.5, 0.6) is 0 Å². The highest BCUT2D eigenvalue weighted by Crippen LogP contribution is 2.42. The molecule has 31 heavy (non-hydrogen) atoms. The second-order valence-electron chi connectivity index (χ2n) is 11.8. The van der Waals surface area contributed by atoms with Crippen LogP contribution in [0.4, 0.5) is 0 Å². The summed E-state index contributed by atoms with van der Waals surface area (Å²) in [6.45, 7) is 24.3. The van der Waals surface area contributed by atoms with Gasteiger partial charge >= 0.3 is 5.69 Å². The van der Waals surface area contributed by atoms with Crippen LogP contribution in [0.3, 0.4) is 0 Å². The summed E-state index contributed by atoms with van der Waals surface area (Å²) in [6, 6.07) is 0. The smallest absolute Gasteiger partial charge is 0.330 e. The van der Waals surface area contributed by atoms with Crippen LogP contribution in [-0.4, -0.2) is 45.0 Å². The molecule has 1 aliphatic rings. The number of aryl methyl sites for hydroxylation is 1. The zero-order valence-corrected chi connectivity index (χ0v) is 23.2. The van der Waals surface area contributed by atoms with Gasteiger partial charge in [-0.2, -0.15) is 0 Å². The van der Waals surface area contributed by atoms with Gasteiger partial charge in [-0.05, 0) is 43.2 Å². The van der Waals surface area contributed by atoms with E-state index in [1.807, 2.05) is 0 Å². The molecule has 9 heteroatoms. The lowest BCUT2D eigenvalue weighted by molar-refractivity contribution is -0.0413. The van der Waals surface area contributed by atoms with Gasteiger partial charge in [0.2, 0.25) is 0 Å². The lowest BCUT2D eigenvalue weighted by Gasteiger charge is -2.40. The molecule has 1 N–H and O–H groups in total. The van der Waals surface area contributed by atoms with Crippen molar-refractivity contribution in [2.45, 2.75) is 110 Å². The van der Waals surface area contributed by atoms with Crippen LogP contribution in [0.2, 0.25) is 36.3 Å². The minimum atomic E-state index is -2.06. The van der Waals surface area contributed by atoms with Gasteiger partial charge in [0.05, 0.1) is 12.7 Å². The van der Waals surface area contributed by atoms with Crippen molar-refractivity contribution in [2.24, 2.45) is 0 Å². The van der Waals surface area contributed by atoms with Gasteiger partial charge in [0, 0.05) is 18.2 Å². The number of hydrogen-bond acceptors (Lipinski definition) is 5. The fraction of sp³-hybridized carbons (Fsp3) is 0.818. The molecule has 1 aromatic heterocycles. The summed E-state index contributed by atoms with van der Waals surface area (Å²) >= 11 is 0. The van der Waals surface area contributed by atoms with Gasteiger partial charge in [-0.15, -0.1) is 0 Å². The average Bonchev–Trinajstić information content (AvgIpc) is 2.96. The van der Waals surface area contributed by atoms with Crippen molar-refractivity contribution in [3.63, 3.8) is 0 Å². The summed E-state index contributed by atoms with van der Waals surface area (Å²) in [4.78, 5) is 26.6. The second-order valence-corrected chi connectivity index (χ2v) is 21.4. The lowest BCUT2D eigenvalue weighted by atomic mass is 10.2. The number of aromatic nitrogens is 2. The molecular formula is C22H42N2O5Si2. The van der Waals surface area contributed by atoms with Gasteiger partial charge in [0.1, 0.15) is 12.3 Å². The molecule has 3 unspecified atom stereocenters. The molecule has 2 heterocycles. The van der Waals surface area contributed by atoms with Gasteiger partial charge in [-0.3, -0.25) is 14.3 Å². The van der Waals surface area contributed by atoms with Gasteiger partial charge < -0.3 is 13.6 Å². The zero-order valence-electron chi connectivity index (χ0n) is 21.2. The Morgan fingerprint density at radius 3 is 2.13 bits per heavy atom. The lowest BCUT2D eigenvalue weighted by Crippen LogP contribution is -2.48. The molecule has 0 spiro atoms. The third-order valence-electron chi connectivity index (χ3n) is 7.30. The van der Waals surface area contributed by atoms with E-state index in [0.717, 1.165) is 0 Å². The Labute approximate surface area is 188 Å². The summed E-state index contributed by atoms with van der Waals surface area (Å²) in [5.41, 5.74) is -0.352. The molecule has 0 aromatic carbocycles. The van der Waals surface area contributed by atoms with E-state index in [-0.39, 0.29) is 27.8 Å². The first kappa shape index (κ1) is 26.2. The fourth-order valence-corrected chi connectivity index (χ4v) is 5.38. The topological polar surface area (TPSA) is 82.6 Å². The van der Waals surface area contributed by atoms with E-state index >= 15 is 0 Å². The number of ether oxygens (including phenoxy) is 1. The molecule has 1 aromatic rings. The number of aromatic amines is 1. The maximum atomic E-state index is 12.5. The molecule has 1 saturated heterocycles. The maximum Gasteiger partial charge on any atom is 0.330 e. The number of hydrogen-bond donors (Lipinski definition) is 1. The second kappa shape index (κ2) is 8.74. The summed E-state index contributed by atoms with van der Waals surface area (Å²) < 4.78 is 21.0. The summed E-state index contributed by atoms with van der Waals surface area (Å²) in [5, 5.41) is 0.148. The first-order valence-corrected chi connectivity index (χ1v) is 17.0. The molecule has 7 nitrogen and oxygen atoms in total. The average molecular weight is 471 g/mol. The van der Waals surface area contributed by atoms with Crippen LogP contribution in [0, 0.1) is 6.92 Å². The summed E-state index contributed by atoms with van der Waals surface area (Å²) in [5.74, 6) is 0. The molecule has 0 radical (unpaired) electrons. The molecule has 0 saturated carbocycles. The van der Waals surface area contributed by atoms with E-state index in [9.17, 15) is 9.59 Å². The van der Waals surface area contributed by atoms with Crippen molar-refractivity contribution in [3.05, 3.63) is 32.6 Å². The molecule has 3 atom stereocenters. The molecule has 178 valence electrons. The minimum Gasteiger partial charge on any atom is -0.414 e. The maximum absolute atomic E-state index is 12.5. The van der Waals surface area contributed by atoms with E-state index in [1.54, 1.807) is 13.1 Å². The Hall–Kier alpha value is -1.01. The van der Waals surface area contributed by atoms with Crippen molar-refractivity contribution in [3.8, 4) is 0 Å². The number of nitrogens with one attached hydrogen (secondary N) is 1. The summed E-state index contributed by atoms with van der Waals surface area (Å²) in [7, 11) is -4.02. The standard InChI is InChI=1S/C22H42N2O5Si2/c1-15-13-24(20(26)23-19(15)25)18-12-16(29-31(10,11)22(5,6)7)17(28-18)14-27-30(8,9)21(2,3)4/h13,16-18H,12,14H2,1-11H3,(H,23,25,26). The Kier molecular flexibility index (Phi) is 7.40. The number of H-pyrrole nitrogens is 1. The van der Waals surface area contributed by atoms with Crippen molar-refractivity contribution < 1.29 is 13.6 Å². The molecule has 2 rings (SSSR count). The first-order valence-electron chi connectivity index (χ1n) is 11.1. The highest BCUT2D eigenvalue weighted by molar-refractivity contribution is 6.74. The monoisotopic (exact) mass is 470 g/mol. The molecule has 0 aliphatic carbocycles. The predicted octanol–water partition coefficient (Wildman–Crippen LogP) is 4.54. The Morgan fingerprint density at radius 1 is 1.06 bits per heavy atom. The van der Waals surface area contributed by atoms with Crippen LogP contribution >= 0.6 is 0 Å². The Balaban J connectivity index is 2.32. The van der Waals surface area contributed by atoms with Crippen molar-refractivity contribution in [2.75, 3.05) is 6.61 Å². The highest BCUT2D eigenvalue weighted by Gasteiger charge is 2.46. The van der Waals surface area contributed by atoms with Gasteiger partial charge in [0.25, 0.3) is 5.56 Å². The summed E-state index contributed by atoms with van der Waals surface area (Å²) in [6.07, 6.45) is 1.18. The normalized spacial score (nSPS) is 23.4. The van der Waals surface area contributed by atoms with Crippen LogP contribution in [0.1, 0.15) is 59.8 Å². The van der Waals surface area contributed by atoms with Crippen LogP contribution in [0.15, 0.2) is 15.8 Å². The zero-order chi connectivity index (χ0) is 24.0. The molecular weight excluding hydrogens is 428 g/mol. The minimum absolute atomic E-state index is 0.0569. The van der Waals surface area contributed by atoms with Crippen molar-refractivity contribution >= 4 is 16.6 Å². The van der Waals surface area contributed by atoms with E-state index in [2.05, 4.69) is 72.7 Å². The van der Waals surface area contributed by atoms with Gasteiger partial charge in [-0.1, -0.05) is 41.5 Å². The SMILES string of the molecule is Cc1cn(C2CC(O[Si](C)(C)C(C)(C)C)C(CO[Si](C)(C)C(C)(C)C)O2)c(=O)[nH]c1=O. The van der Waals surface area contributed by atoms with Gasteiger partial charge in [-0.25, -0.2) is 4.79 Å². The van der Waals surface area contributed by atoms with Crippen molar-refractivity contribution in [1.29, 1.82) is 0 Å². The van der Waals surface area contributed by atoms with Crippen molar-refractivity contribution in [1.82, 2.24) is 9.55 Å². The molecule has 1 fully saturated rings.